The second-order valence-corrected chi connectivity index (χ2v) is 5.59. The highest BCUT2D eigenvalue weighted by Gasteiger charge is 2.27. The van der Waals surface area contributed by atoms with Crippen LogP contribution in [0.3, 0.4) is 0 Å². The van der Waals surface area contributed by atoms with E-state index >= 15 is 0 Å². The maximum atomic E-state index is 13.6. The van der Waals surface area contributed by atoms with E-state index in [1.54, 1.807) is 7.05 Å². The van der Waals surface area contributed by atoms with Gasteiger partial charge in [0.15, 0.2) is 11.6 Å². The summed E-state index contributed by atoms with van der Waals surface area (Å²) in [6.45, 7) is -2.73. The molecule has 23 heavy (non-hydrogen) atoms. The number of carbonyl (C=O) groups is 1. The fourth-order valence-electron chi connectivity index (χ4n) is 2.65. The van der Waals surface area contributed by atoms with Crippen LogP contribution in [-0.2, 0) is 0 Å². The lowest BCUT2D eigenvalue weighted by molar-refractivity contribution is -0.0521. The standard InChI is InChI=1S/C15H19F3N2O3/c1-20(8-9-3-2-4-12(9)21)15(22)19-10-5-6-13(11(16)7-10)23-14(17)18/h5-7,9,12,14,21H,2-4,8H2,1H3,(H,19,22). The molecule has 0 aromatic heterocycles. The summed E-state index contributed by atoms with van der Waals surface area (Å²) in [5.74, 6) is -1.54. The first kappa shape index (κ1) is 17.4. The average molecular weight is 332 g/mol. The first-order chi connectivity index (χ1) is 10.9. The van der Waals surface area contributed by atoms with Crippen LogP contribution in [-0.4, -0.2) is 42.3 Å². The molecular weight excluding hydrogens is 313 g/mol. The van der Waals surface area contributed by atoms with Gasteiger partial charge in [-0.1, -0.05) is 6.42 Å². The van der Waals surface area contributed by atoms with Gasteiger partial charge in [-0.15, -0.1) is 0 Å². The van der Waals surface area contributed by atoms with Crippen LogP contribution in [0, 0.1) is 11.7 Å². The van der Waals surface area contributed by atoms with Crippen molar-refractivity contribution >= 4 is 11.7 Å². The lowest BCUT2D eigenvalue weighted by Crippen LogP contribution is -2.37. The number of urea groups is 1. The summed E-state index contributed by atoms with van der Waals surface area (Å²) in [6, 6.07) is 2.74. The fourth-order valence-corrected chi connectivity index (χ4v) is 2.65. The summed E-state index contributed by atoms with van der Waals surface area (Å²) >= 11 is 0. The summed E-state index contributed by atoms with van der Waals surface area (Å²) in [5, 5.41) is 12.2. The molecule has 128 valence electrons. The molecule has 2 rings (SSSR count). The zero-order chi connectivity index (χ0) is 17.0. The number of hydrogen-bond donors (Lipinski definition) is 2. The van der Waals surface area contributed by atoms with Crippen molar-refractivity contribution in [1.29, 1.82) is 0 Å². The second kappa shape index (κ2) is 7.54. The molecule has 1 aliphatic rings. The molecule has 2 atom stereocenters. The minimum atomic E-state index is -3.12. The Hall–Kier alpha value is -1.96. The van der Waals surface area contributed by atoms with Crippen molar-refractivity contribution in [3.8, 4) is 5.75 Å². The van der Waals surface area contributed by atoms with Crippen LogP contribution in [0.5, 0.6) is 5.75 Å². The molecule has 0 bridgehead atoms. The highest BCUT2D eigenvalue weighted by Crippen LogP contribution is 2.26. The van der Waals surface area contributed by atoms with Gasteiger partial charge in [0.25, 0.3) is 0 Å². The number of aliphatic hydroxyl groups is 1. The van der Waals surface area contributed by atoms with Gasteiger partial charge in [-0.05, 0) is 25.0 Å². The smallest absolute Gasteiger partial charge is 0.387 e. The van der Waals surface area contributed by atoms with Gasteiger partial charge in [0.2, 0.25) is 0 Å². The van der Waals surface area contributed by atoms with Crippen LogP contribution < -0.4 is 10.1 Å². The van der Waals surface area contributed by atoms with Crippen LogP contribution >= 0.6 is 0 Å². The van der Waals surface area contributed by atoms with Crippen LogP contribution in [0.15, 0.2) is 18.2 Å². The Kier molecular flexibility index (Phi) is 5.70. The number of ether oxygens (including phenoxy) is 1. The van der Waals surface area contributed by atoms with Gasteiger partial charge in [-0.3, -0.25) is 0 Å². The van der Waals surface area contributed by atoms with E-state index in [-0.39, 0.29) is 11.6 Å². The van der Waals surface area contributed by atoms with Gasteiger partial charge in [0.05, 0.1) is 6.10 Å². The maximum absolute atomic E-state index is 13.6. The van der Waals surface area contributed by atoms with Crippen LogP contribution in [0.1, 0.15) is 19.3 Å². The summed E-state index contributed by atoms with van der Waals surface area (Å²) in [5.41, 5.74) is 0.132. The SMILES string of the molecule is CN(CC1CCCC1O)C(=O)Nc1ccc(OC(F)F)c(F)c1. The first-order valence-corrected chi connectivity index (χ1v) is 7.31. The van der Waals surface area contributed by atoms with E-state index in [1.165, 1.54) is 11.0 Å². The molecule has 1 aromatic rings. The highest BCUT2D eigenvalue weighted by atomic mass is 19.3. The zero-order valence-corrected chi connectivity index (χ0v) is 12.6. The summed E-state index contributed by atoms with van der Waals surface area (Å²) in [6.07, 6.45) is 2.11. The van der Waals surface area contributed by atoms with Gasteiger partial charge in [-0.25, -0.2) is 9.18 Å². The van der Waals surface area contributed by atoms with Gasteiger partial charge in [0, 0.05) is 31.3 Å². The van der Waals surface area contributed by atoms with Gasteiger partial charge in [-0.2, -0.15) is 8.78 Å². The van der Waals surface area contributed by atoms with Gasteiger partial charge < -0.3 is 20.1 Å². The average Bonchev–Trinajstić information content (AvgIpc) is 2.87. The normalized spacial score (nSPS) is 20.6. The number of carbonyl (C=O) groups excluding carboxylic acids is 1. The third kappa shape index (κ3) is 4.75. The minimum Gasteiger partial charge on any atom is -0.432 e. The molecule has 2 N–H and O–H groups in total. The molecule has 0 saturated heterocycles. The molecule has 8 heteroatoms. The van der Waals surface area contributed by atoms with Crippen LogP contribution in [0.4, 0.5) is 23.7 Å². The topological polar surface area (TPSA) is 61.8 Å². The van der Waals surface area contributed by atoms with Gasteiger partial charge >= 0.3 is 12.6 Å². The van der Waals surface area contributed by atoms with Crippen molar-refractivity contribution < 1.29 is 27.8 Å². The van der Waals surface area contributed by atoms with E-state index in [9.17, 15) is 23.1 Å². The molecule has 1 aliphatic carbocycles. The predicted octanol–water partition coefficient (Wildman–Crippen LogP) is 3.05. The number of nitrogens with zero attached hydrogens (tertiary/aromatic N) is 1. The van der Waals surface area contributed by atoms with Crippen molar-refractivity contribution in [2.24, 2.45) is 5.92 Å². The minimum absolute atomic E-state index is 0.0318. The molecule has 5 nitrogen and oxygen atoms in total. The maximum Gasteiger partial charge on any atom is 0.387 e. The number of amides is 2. The first-order valence-electron chi connectivity index (χ1n) is 7.31. The number of aliphatic hydroxyl groups excluding tert-OH is 1. The van der Waals surface area contributed by atoms with E-state index in [0.717, 1.165) is 31.4 Å². The monoisotopic (exact) mass is 332 g/mol. The second-order valence-electron chi connectivity index (χ2n) is 5.59. The van der Waals surface area contributed by atoms with Crippen molar-refractivity contribution in [2.75, 3.05) is 18.9 Å². The van der Waals surface area contributed by atoms with E-state index in [1.807, 2.05) is 0 Å². The zero-order valence-electron chi connectivity index (χ0n) is 12.6. The summed E-state index contributed by atoms with van der Waals surface area (Å²) in [4.78, 5) is 13.4. The summed E-state index contributed by atoms with van der Waals surface area (Å²) < 4.78 is 41.7. The molecule has 2 amide bonds. The lowest BCUT2D eigenvalue weighted by atomic mass is 10.1. The van der Waals surface area contributed by atoms with Gasteiger partial charge in [0.1, 0.15) is 0 Å². The highest BCUT2D eigenvalue weighted by molar-refractivity contribution is 5.89. The lowest BCUT2D eigenvalue weighted by Gasteiger charge is -2.23. The van der Waals surface area contributed by atoms with Crippen LogP contribution in [0.2, 0.25) is 0 Å². The van der Waals surface area contributed by atoms with Crippen LogP contribution in [0.25, 0.3) is 0 Å². The molecule has 0 heterocycles. The van der Waals surface area contributed by atoms with Crippen molar-refractivity contribution in [3.05, 3.63) is 24.0 Å². The van der Waals surface area contributed by atoms with Crippen molar-refractivity contribution in [1.82, 2.24) is 4.90 Å². The number of halogens is 3. The van der Waals surface area contributed by atoms with Crippen molar-refractivity contribution in [3.63, 3.8) is 0 Å². The van der Waals surface area contributed by atoms with E-state index < -0.39 is 30.3 Å². The molecule has 1 fully saturated rings. The fraction of sp³-hybridized carbons (Fsp3) is 0.533. The quantitative estimate of drug-likeness (QED) is 0.871. The number of hydrogen-bond acceptors (Lipinski definition) is 3. The van der Waals surface area contributed by atoms with E-state index in [0.29, 0.717) is 6.54 Å². The largest absolute Gasteiger partial charge is 0.432 e. The molecule has 1 saturated carbocycles. The molecule has 0 spiro atoms. The Bertz CT molecular complexity index is 557. The Morgan fingerprint density at radius 2 is 2.22 bits per heavy atom. The van der Waals surface area contributed by atoms with E-state index in [4.69, 9.17) is 0 Å². The molecule has 1 aromatic carbocycles. The molecule has 0 radical (unpaired) electrons. The Morgan fingerprint density at radius 1 is 1.48 bits per heavy atom. The molecule has 2 unspecified atom stereocenters. The van der Waals surface area contributed by atoms with E-state index in [2.05, 4.69) is 10.1 Å². The van der Waals surface area contributed by atoms with Crippen molar-refractivity contribution in [2.45, 2.75) is 32.0 Å². The number of nitrogens with one attached hydrogen (secondary N) is 1. The number of benzene rings is 1. The molecule has 0 aliphatic heterocycles. The third-order valence-corrected chi connectivity index (χ3v) is 3.87. The third-order valence-electron chi connectivity index (χ3n) is 3.87. The number of anilines is 1. The summed E-state index contributed by atoms with van der Waals surface area (Å²) in [7, 11) is 1.57. The Morgan fingerprint density at radius 3 is 2.78 bits per heavy atom. The molecular formula is C15H19F3N2O3. The number of alkyl halides is 2. The Balaban J connectivity index is 1.92. The predicted molar refractivity (Wildman–Crippen MR) is 78.0 cm³/mol. The Labute approximate surface area is 132 Å². The number of rotatable bonds is 5.